The highest BCUT2D eigenvalue weighted by atomic mass is 19.1. The highest BCUT2D eigenvalue weighted by Crippen LogP contribution is 2.26. The lowest BCUT2D eigenvalue weighted by Gasteiger charge is -2.22. The topological polar surface area (TPSA) is 67.2 Å². The van der Waals surface area contributed by atoms with Gasteiger partial charge in [0.1, 0.15) is 18.2 Å². The van der Waals surface area contributed by atoms with Crippen LogP contribution in [0.3, 0.4) is 0 Å². The van der Waals surface area contributed by atoms with Gasteiger partial charge in [0.25, 0.3) is 5.91 Å². The second-order valence-electron chi connectivity index (χ2n) is 8.67. The van der Waals surface area contributed by atoms with Crippen LogP contribution in [0, 0.1) is 5.82 Å². The van der Waals surface area contributed by atoms with Gasteiger partial charge < -0.3 is 10.2 Å². The van der Waals surface area contributed by atoms with Crippen LogP contribution in [0.1, 0.15) is 50.2 Å². The van der Waals surface area contributed by atoms with Gasteiger partial charge >= 0.3 is 0 Å². The Hall–Kier alpha value is -3.48. The van der Waals surface area contributed by atoms with Crippen LogP contribution >= 0.6 is 0 Å². The Morgan fingerprint density at radius 2 is 1.72 bits per heavy atom. The highest BCUT2D eigenvalue weighted by Gasteiger charge is 2.24. The standard InChI is InChI=1S/C25H29FN4O2/c1-5-15-29(24(32)19-13-9-10-14-20(19)26)17-23(31)27-22-16-21(25(2,3)4)28-30(22)18-11-7-6-8-12-18/h6-14,16H,5,15,17H2,1-4H3,(H,27,31). The molecule has 0 radical (unpaired) electrons. The van der Waals surface area contributed by atoms with E-state index in [0.29, 0.717) is 18.8 Å². The number of amides is 2. The van der Waals surface area contributed by atoms with Crippen molar-refractivity contribution in [3.8, 4) is 5.69 Å². The molecule has 0 saturated heterocycles. The summed E-state index contributed by atoms with van der Waals surface area (Å²) in [6.07, 6.45) is 0.642. The quantitative estimate of drug-likeness (QED) is 0.579. The van der Waals surface area contributed by atoms with Crippen LogP contribution in [0.4, 0.5) is 10.2 Å². The van der Waals surface area contributed by atoms with Crippen molar-refractivity contribution >= 4 is 17.6 Å². The highest BCUT2D eigenvalue weighted by molar-refractivity contribution is 5.99. The Morgan fingerprint density at radius 3 is 2.34 bits per heavy atom. The normalized spacial score (nSPS) is 11.3. The maximum absolute atomic E-state index is 14.1. The summed E-state index contributed by atoms with van der Waals surface area (Å²) in [5.41, 5.74) is 1.38. The lowest BCUT2D eigenvalue weighted by Crippen LogP contribution is -2.39. The molecule has 32 heavy (non-hydrogen) atoms. The first-order valence-corrected chi connectivity index (χ1v) is 10.7. The lowest BCUT2D eigenvalue weighted by molar-refractivity contribution is -0.116. The largest absolute Gasteiger partial charge is 0.329 e. The first kappa shape index (κ1) is 23.2. The van der Waals surface area contributed by atoms with Crippen molar-refractivity contribution in [1.29, 1.82) is 0 Å². The summed E-state index contributed by atoms with van der Waals surface area (Å²) in [7, 11) is 0. The smallest absolute Gasteiger partial charge is 0.257 e. The summed E-state index contributed by atoms with van der Waals surface area (Å²) in [5.74, 6) is -0.968. The fourth-order valence-electron chi connectivity index (χ4n) is 3.29. The number of nitrogens with zero attached hydrogens (tertiary/aromatic N) is 3. The number of carbonyl (C=O) groups is 2. The minimum atomic E-state index is -0.601. The summed E-state index contributed by atoms with van der Waals surface area (Å²) in [6, 6.07) is 17.2. The Bertz CT molecular complexity index is 1090. The second kappa shape index (κ2) is 9.77. The van der Waals surface area contributed by atoms with Gasteiger partial charge in [-0.05, 0) is 30.7 Å². The van der Waals surface area contributed by atoms with Crippen LogP contribution in [-0.2, 0) is 10.2 Å². The molecule has 0 aliphatic heterocycles. The molecule has 0 fully saturated rings. The molecule has 2 aromatic carbocycles. The minimum absolute atomic E-state index is 0.0434. The van der Waals surface area contributed by atoms with Crippen LogP contribution in [0.2, 0.25) is 0 Å². The number of aromatic nitrogens is 2. The van der Waals surface area contributed by atoms with E-state index in [2.05, 4.69) is 10.4 Å². The SMILES string of the molecule is CCCN(CC(=O)Nc1cc(C(C)(C)C)nn1-c1ccccc1)C(=O)c1ccccc1F. The molecule has 3 rings (SSSR count). The number of rotatable bonds is 7. The third kappa shape index (κ3) is 5.41. The lowest BCUT2D eigenvalue weighted by atomic mass is 9.92. The first-order chi connectivity index (χ1) is 15.2. The molecule has 0 atom stereocenters. The number of nitrogens with one attached hydrogen (secondary N) is 1. The summed E-state index contributed by atoms with van der Waals surface area (Å²) < 4.78 is 15.8. The molecule has 0 aliphatic rings. The molecule has 0 spiro atoms. The third-order valence-electron chi connectivity index (χ3n) is 4.97. The molecule has 6 nitrogen and oxygen atoms in total. The van der Waals surface area contributed by atoms with Gasteiger partial charge in [-0.25, -0.2) is 9.07 Å². The molecule has 168 valence electrons. The average Bonchev–Trinajstić information content (AvgIpc) is 3.18. The summed E-state index contributed by atoms with van der Waals surface area (Å²) in [4.78, 5) is 27.1. The van der Waals surface area contributed by atoms with E-state index in [1.165, 1.54) is 23.1 Å². The molecule has 2 amide bonds. The molecular weight excluding hydrogens is 407 g/mol. The number of hydrogen-bond donors (Lipinski definition) is 1. The van der Waals surface area contributed by atoms with Crippen molar-refractivity contribution in [3.63, 3.8) is 0 Å². The average molecular weight is 437 g/mol. The van der Waals surface area contributed by atoms with E-state index >= 15 is 0 Å². The van der Waals surface area contributed by atoms with Gasteiger partial charge in [-0.1, -0.05) is 58.0 Å². The van der Waals surface area contributed by atoms with Gasteiger partial charge in [0.2, 0.25) is 5.91 Å². The van der Waals surface area contributed by atoms with Crippen LogP contribution < -0.4 is 5.32 Å². The zero-order valence-corrected chi connectivity index (χ0v) is 18.9. The Kier molecular flexibility index (Phi) is 7.08. The maximum Gasteiger partial charge on any atom is 0.257 e. The number of halogens is 1. The fourth-order valence-corrected chi connectivity index (χ4v) is 3.29. The van der Waals surface area contributed by atoms with Crippen LogP contribution in [0.5, 0.6) is 0 Å². The predicted octanol–water partition coefficient (Wildman–Crippen LogP) is 4.80. The molecule has 1 N–H and O–H groups in total. The minimum Gasteiger partial charge on any atom is -0.329 e. The van der Waals surface area contributed by atoms with E-state index in [-0.39, 0.29) is 23.4 Å². The number of anilines is 1. The summed E-state index contributed by atoms with van der Waals surface area (Å²) in [6.45, 7) is 8.20. The van der Waals surface area contributed by atoms with Gasteiger partial charge in [0.15, 0.2) is 0 Å². The Morgan fingerprint density at radius 1 is 1.06 bits per heavy atom. The second-order valence-corrected chi connectivity index (χ2v) is 8.67. The number of hydrogen-bond acceptors (Lipinski definition) is 3. The van der Waals surface area contributed by atoms with Crippen molar-refractivity contribution in [1.82, 2.24) is 14.7 Å². The van der Waals surface area contributed by atoms with Crippen LogP contribution in [-0.4, -0.2) is 39.6 Å². The van der Waals surface area contributed by atoms with Crippen molar-refractivity contribution in [2.45, 2.75) is 39.5 Å². The number of benzene rings is 2. The van der Waals surface area contributed by atoms with Gasteiger partial charge in [-0.3, -0.25) is 9.59 Å². The van der Waals surface area contributed by atoms with E-state index in [0.717, 1.165) is 11.4 Å². The molecule has 0 aliphatic carbocycles. The number of para-hydroxylation sites is 1. The molecule has 1 heterocycles. The van der Waals surface area contributed by atoms with E-state index in [9.17, 15) is 14.0 Å². The van der Waals surface area contributed by atoms with E-state index in [1.54, 1.807) is 10.7 Å². The van der Waals surface area contributed by atoms with Crippen molar-refractivity contribution in [2.24, 2.45) is 0 Å². The molecular formula is C25H29FN4O2. The molecule has 0 saturated carbocycles. The van der Waals surface area contributed by atoms with Gasteiger partial charge in [0, 0.05) is 18.0 Å². The van der Waals surface area contributed by atoms with E-state index in [4.69, 9.17) is 0 Å². The number of carbonyl (C=O) groups excluding carboxylic acids is 2. The molecule has 0 bridgehead atoms. The predicted molar refractivity (Wildman–Crippen MR) is 123 cm³/mol. The van der Waals surface area contributed by atoms with E-state index < -0.39 is 11.7 Å². The maximum atomic E-state index is 14.1. The summed E-state index contributed by atoms with van der Waals surface area (Å²) >= 11 is 0. The molecule has 3 aromatic rings. The Balaban J connectivity index is 1.84. The van der Waals surface area contributed by atoms with Crippen molar-refractivity contribution in [3.05, 3.63) is 77.7 Å². The van der Waals surface area contributed by atoms with Gasteiger partial charge in [-0.15, -0.1) is 0 Å². The molecule has 7 heteroatoms. The molecule has 1 aromatic heterocycles. The van der Waals surface area contributed by atoms with Gasteiger partial charge in [0.05, 0.1) is 16.9 Å². The van der Waals surface area contributed by atoms with Crippen molar-refractivity contribution in [2.75, 3.05) is 18.4 Å². The fraction of sp³-hybridized carbons (Fsp3) is 0.320. The van der Waals surface area contributed by atoms with Crippen LogP contribution in [0.25, 0.3) is 5.69 Å². The monoisotopic (exact) mass is 436 g/mol. The van der Waals surface area contributed by atoms with Gasteiger partial charge in [-0.2, -0.15) is 5.10 Å². The third-order valence-corrected chi connectivity index (χ3v) is 4.97. The van der Waals surface area contributed by atoms with Crippen molar-refractivity contribution < 1.29 is 14.0 Å². The zero-order valence-electron chi connectivity index (χ0n) is 18.9. The zero-order chi connectivity index (χ0) is 23.3. The first-order valence-electron chi connectivity index (χ1n) is 10.7. The Labute approximate surface area is 188 Å². The summed E-state index contributed by atoms with van der Waals surface area (Å²) in [5, 5.41) is 7.57. The van der Waals surface area contributed by atoms with Crippen LogP contribution in [0.15, 0.2) is 60.7 Å². The molecule has 0 unspecified atom stereocenters. The van der Waals surface area contributed by atoms with E-state index in [1.807, 2.05) is 64.1 Å².